The fourth-order valence-corrected chi connectivity index (χ4v) is 3.45. The topological polar surface area (TPSA) is 89.3 Å². The van der Waals surface area contributed by atoms with Gasteiger partial charge >= 0.3 is 0 Å². The second kappa shape index (κ2) is 7.36. The van der Waals surface area contributed by atoms with Gasteiger partial charge in [0.25, 0.3) is 5.91 Å². The lowest BCUT2D eigenvalue weighted by molar-refractivity contribution is -0.00584. The van der Waals surface area contributed by atoms with Crippen molar-refractivity contribution in [1.29, 1.82) is 0 Å². The quantitative estimate of drug-likeness (QED) is 0.803. The highest BCUT2D eigenvalue weighted by Crippen LogP contribution is 2.25. The molecule has 1 amide bonds. The Balaban J connectivity index is 1.59. The summed E-state index contributed by atoms with van der Waals surface area (Å²) in [5.41, 5.74) is 0. The number of hydrogen-bond acceptors (Lipinski definition) is 7. The Morgan fingerprint density at radius 2 is 2.04 bits per heavy atom. The average molecular weight is 357 g/mol. The highest BCUT2D eigenvalue weighted by molar-refractivity contribution is 5.90. The van der Waals surface area contributed by atoms with Crippen LogP contribution in [-0.2, 0) is 11.8 Å². The van der Waals surface area contributed by atoms with Crippen molar-refractivity contribution in [2.24, 2.45) is 7.05 Å². The minimum atomic E-state index is -0.329. The standard InChI is InChI=1S/C17H23N7O2/c1-22-12-19-16(21-22)17(25)24-9-10-26-11-13(24)15-18-6-5-14(20-15)23-7-3-2-4-8-23/h5-6,12-13H,2-4,7-11H2,1H3/t13-/m1/s1. The molecule has 1 atom stereocenters. The Morgan fingerprint density at radius 3 is 2.81 bits per heavy atom. The third kappa shape index (κ3) is 3.39. The molecule has 0 spiro atoms. The molecule has 0 aromatic carbocycles. The number of amides is 1. The van der Waals surface area contributed by atoms with Crippen molar-refractivity contribution >= 4 is 11.7 Å². The Bertz CT molecular complexity index is 772. The maximum atomic E-state index is 12.8. The normalized spacial score (nSPS) is 21.0. The van der Waals surface area contributed by atoms with Gasteiger partial charge in [-0.05, 0) is 25.3 Å². The van der Waals surface area contributed by atoms with Gasteiger partial charge in [-0.3, -0.25) is 9.48 Å². The smallest absolute Gasteiger partial charge is 0.294 e. The molecule has 4 rings (SSSR count). The number of carbonyl (C=O) groups is 1. The molecule has 2 aliphatic heterocycles. The Morgan fingerprint density at radius 1 is 1.19 bits per heavy atom. The molecule has 138 valence electrons. The number of anilines is 1. The summed E-state index contributed by atoms with van der Waals surface area (Å²) in [7, 11) is 1.74. The van der Waals surface area contributed by atoms with E-state index in [-0.39, 0.29) is 17.8 Å². The van der Waals surface area contributed by atoms with Gasteiger partial charge < -0.3 is 14.5 Å². The lowest BCUT2D eigenvalue weighted by Crippen LogP contribution is -2.44. The minimum Gasteiger partial charge on any atom is -0.377 e. The second-order valence-corrected chi connectivity index (χ2v) is 6.65. The molecule has 2 aromatic rings. The first-order valence-electron chi connectivity index (χ1n) is 9.04. The van der Waals surface area contributed by atoms with E-state index in [1.807, 2.05) is 6.07 Å². The van der Waals surface area contributed by atoms with Crippen LogP contribution in [0.4, 0.5) is 5.82 Å². The lowest BCUT2D eigenvalue weighted by atomic mass is 10.1. The van der Waals surface area contributed by atoms with Gasteiger partial charge in [-0.25, -0.2) is 15.0 Å². The maximum absolute atomic E-state index is 12.8. The van der Waals surface area contributed by atoms with Crippen LogP contribution < -0.4 is 4.90 Å². The number of aryl methyl sites for hydroxylation is 1. The summed E-state index contributed by atoms with van der Waals surface area (Å²) < 4.78 is 7.13. The molecule has 0 saturated carbocycles. The lowest BCUT2D eigenvalue weighted by Gasteiger charge is -2.34. The van der Waals surface area contributed by atoms with Gasteiger partial charge in [0.15, 0.2) is 5.82 Å². The van der Waals surface area contributed by atoms with Crippen LogP contribution in [0, 0.1) is 0 Å². The van der Waals surface area contributed by atoms with Gasteiger partial charge in [-0.1, -0.05) is 0 Å². The van der Waals surface area contributed by atoms with Crippen LogP contribution in [-0.4, -0.2) is 68.4 Å². The number of piperidine rings is 1. The molecule has 2 fully saturated rings. The zero-order valence-electron chi connectivity index (χ0n) is 14.9. The van der Waals surface area contributed by atoms with Crippen molar-refractivity contribution < 1.29 is 9.53 Å². The summed E-state index contributed by atoms with van der Waals surface area (Å²) in [6.45, 7) is 3.36. The van der Waals surface area contributed by atoms with Crippen LogP contribution in [0.1, 0.15) is 41.7 Å². The predicted molar refractivity (Wildman–Crippen MR) is 93.7 cm³/mol. The molecule has 26 heavy (non-hydrogen) atoms. The van der Waals surface area contributed by atoms with Gasteiger partial charge in [0.05, 0.1) is 13.2 Å². The molecule has 9 nitrogen and oxygen atoms in total. The van der Waals surface area contributed by atoms with Gasteiger partial charge in [0.1, 0.15) is 18.2 Å². The SMILES string of the molecule is Cn1cnc(C(=O)N2CCOC[C@@H]2c2nccc(N3CCCCC3)n2)n1. The van der Waals surface area contributed by atoms with Crippen molar-refractivity contribution in [3.8, 4) is 0 Å². The number of carbonyl (C=O) groups excluding carboxylic acids is 1. The molecule has 2 saturated heterocycles. The number of morpholine rings is 1. The second-order valence-electron chi connectivity index (χ2n) is 6.65. The fourth-order valence-electron chi connectivity index (χ4n) is 3.45. The van der Waals surface area contributed by atoms with Crippen molar-refractivity contribution in [2.45, 2.75) is 25.3 Å². The van der Waals surface area contributed by atoms with Crippen LogP contribution in [0.5, 0.6) is 0 Å². The summed E-state index contributed by atoms with van der Waals surface area (Å²) in [4.78, 5) is 30.1. The largest absolute Gasteiger partial charge is 0.377 e. The molecular weight excluding hydrogens is 334 g/mol. The molecular formula is C17H23N7O2. The van der Waals surface area contributed by atoms with Crippen LogP contribution in [0.2, 0.25) is 0 Å². The monoisotopic (exact) mass is 357 g/mol. The van der Waals surface area contributed by atoms with Crippen molar-refractivity contribution in [3.63, 3.8) is 0 Å². The van der Waals surface area contributed by atoms with E-state index in [2.05, 4.69) is 20.0 Å². The molecule has 0 aliphatic carbocycles. The van der Waals surface area contributed by atoms with Gasteiger partial charge in [-0.2, -0.15) is 0 Å². The molecule has 9 heteroatoms. The van der Waals surface area contributed by atoms with Crippen LogP contribution in [0.15, 0.2) is 18.6 Å². The molecule has 2 aromatic heterocycles. The number of nitrogens with zero attached hydrogens (tertiary/aromatic N) is 7. The fraction of sp³-hybridized carbons (Fsp3) is 0.588. The maximum Gasteiger partial charge on any atom is 0.294 e. The van der Waals surface area contributed by atoms with Crippen molar-refractivity contribution in [1.82, 2.24) is 29.6 Å². The Labute approximate surface area is 152 Å². The van der Waals surface area contributed by atoms with Crippen LogP contribution in [0.3, 0.4) is 0 Å². The van der Waals surface area contributed by atoms with E-state index < -0.39 is 0 Å². The highest BCUT2D eigenvalue weighted by Gasteiger charge is 2.33. The highest BCUT2D eigenvalue weighted by atomic mass is 16.5. The first kappa shape index (κ1) is 16.9. The summed E-state index contributed by atoms with van der Waals surface area (Å²) in [5, 5.41) is 4.13. The van der Waals surface area contributed by atoms with Crippen LogP contribution >= 0.6 is 0 Å². The summed E-state index contributed by atoms with van der Waals surface area (Å²) >= 11 is 0. The van der Waals surface area contributed by atoms with Crippen molar-refractivity contribution in [3.05, 3.63) is 30.2 Å². The van der Waals surface area contributed by atoms with E-state index in [0.717, 1.165) is 18.9 Å². The van der Waals surface area contributed by atoms with E-state index >= 15 is 0 Å². The molecule has 0 unspecified atom stereocenters. The Hall–Kier alpha value is -2.55. The van der Waals surface area contributed by atoms with E-state index in [0.29, 0.717) is 25.6 Å². The summed E-state index contributed by atoms with van der Waals surface area (Å²) in [6, 6.07) is 1.61. The average Bonchev–Trinajstić information content (AvgIpc) is 3.14. The summed E-state index contributed by atoms with van der Waals surface area (Å²) in [5.74, 6) is 1.50. The molecule has 0 N–H and O–H groups in total. The van der Waals surface area contributed by atoms with Gasteiger partial charge in [0, 0.05) is 32.9 Å². The van der Waals surface area contributed by atoms with E-state index in [4.69, 9.17) is 9.72 Å². The molecule has 0 bridgehead atoms. The number of ether oxygens (including phenoxy) is 1. The van der Waals surface area contributed by atoms with E-state index in [1.54, 1.807) is 18.1 Å². The molecule has 0 radical (unpaired) electrons. The van der Waals surface area contributed by atoms with E-state index in [9.17, 15) is 4.79 Å². The zero-order chi connectivity index (χ0) is 17.9. The third-order valence-electron chi connectivity index (χ3n) is 4.82. The number of hydrogen-bond donors (Lipinski definition) is 0. The molecule has 2 aliphatic rings. The van der Waals surface area contributed by atoms with Crippen molar-refractivity contribution in [2.75, 3.05) is 37.7 Å². The van der Waals surface area contributed by atoms with Gasteiger partial charge in [0.2, 0.25) is 5.82 Å². The van der Waals surface area contributed by atoms with Crippen LogP contribution in [0.25, 0.3) is 0 Å². The minimum absolute atomic E-state index is 0.187. The number of rotatable bonds is 3. The number of aromatic nitrogens is 5. The predicted octanol–water partition coefficient (Wildman–Crippen LogP) is 0.809. The van der Waals surface area contributed by atoms with Gasteiger partial charge in [-0.15, -0.1) is 5.10 Å². The first-order chi connectivity index (χ1) is 12.7. The summed E-state index contributed by atoms with van der Waals surface area (Å²) in [6.07, 6.45) is 6.92. The third-order valence-corrected chi connectivity index (χ3v) is 4.82. The molecule has 4 heterocycles. The van der Waals surface area contributed by atoms with E-state index in [1.165, 1.54) is 30.3 Å². The zero-order valence-corrected chi connectivity index (χ0v) is 14.9. The Kier molecular flexibility index (Phi) is 4.79. The first-order valence-corrected chi connectivity index (χ1v) is 9.04.